The fourth-order valence-corrected chi connectivity index (χ4v) is 6.20. The molecule has 0 aromatic carbocycles. The molecule has 1 saturated heterocycles. The molecule has 5 heteroatoms. The molecule has 84 valence electrons. The number of aliphatic hydroxyl groups excluding tert-OH is 1. The van der Waals surface area contributed by atoms with Crippen LogP contribution in [0.15, 0.2) is 15.9 Å². The molecule has 15 heavy (non-hydrogen) atoms. The lowest BCUT2D eigenvalue weighted by molar-refractivity contribution is 0.177. The van der Waals surface area contributed by atoms with Crippen molar-refractivity contribution in [2.45, 2.75) is 23.5 Å². The first kappa shape index (κ1) is 12.3. The van der Waals surface area contributed by atoms with Crippen molar-refractivity contribution >= 4 is 50.8 Å². The summed E-state index contributed by atoms with van der Waals surface area (Å²) >= 11 is 8.99. The van der Waals surface area contributed by atoms with E-state index in [-0.39, 0.29) is 6.10 Å². The van der Waals surface area contributed by atoms with Gasteiger partial charge in [-0.05, 0) is 27.4 Å². The Morgan fingerprint density at radius 1 is 1.47 bits per heavy atom. The van der Waals surface area contributed by atoms with Crippen LogP contribution < -0.4 is 0 Å². The van der Waals surface area contributed by atoms with E-state index >= 15 is 0 Å². The van der Waals surface area contributed by atoms with Gasteiger partial charge in [-0.1, -0.05) is 6.92 Å². The number of thioether (sulfide) groups is 2. The van der Waals surface area contributed by atoms with Gasteiger partial charge in [0, 0.05) is 31.4 Å². The molecule has 1 aromatic rings. The molecule has 1 aromatic heterocycles. The van der Waals surface area contributed by atoms with Crippen LogP contribution in [0.4, 0.5) is 0 Å². The van der Waals surface area contributed by atoms with Crippen LogP contribution in [0, 0.1) is 0 Å². The molecule has 1 nitrogen and oxygen atoms in total. The van der Waals surface area contributed by atoms with Crippen LogP contribution >= 0.6 is 50.8 Å². The smallest absolute Gasteiger partial charge is 0.102 e. The molecule has 0 amide bonds. The topological polar surface area (TPSA) is 20.2 Å². The quantitative estimate of drug-likeness (QED) is 0.894. The summed E-state index contributed by atoms with van der Waals surface area (Å²) in [7, 11) is 0. The van der Waals surface area contributed by atoms with Crippen LogP contribution in [0.2, 0.25) is 0 Å². The second-order valence-electron chi connectivity index (χ2n) is 3.49. The normalized spacial score (nSPS) is 29.0. The van der Waals surface area contributed by atoms with Crippen molar-refractivity contribution in [3.8, 4) is 0 Å². The number of aliphatic hydroxyl groups is 1. The predicted molar refractivity (Wildman–Crippen MR) is 75.1 cm³/mol. The second-order valence-corrected chi connectivity index (χ2v) is 8.06. The second kappa shape index (κ2) is 5.45. The number of hydrogen-bond donors (Lipinski definition) is 1. The molecule has 3 unspecified atom stereocenters. The highest BCUT2D eigenvalue weighted by molar-refractivity contribution is 9.10. The number of rotatable bonds is 2. The lowest BCUT2D eigenvalue weighted by Crippen LogP contribution is -2.29. The molecule has 1 aliphatic heterocycles. The highest BCUT2D eigenvalue weighted by Gasteiger charge is 2.31. The minimum absolute atomic E-state index is 0.327. The van der Waals surface area contributed by atoms with Crippen molar-refractivity contribution in [3.63, 3.8) is 0 Å². The highest BCUT2D eigenvalue weighted by atomic mass is 79.9. The van der Waals surface area contributed by atoms with E-state index in [2.05, 4.69) is 22.9 Å². The third-order valence-electron chi connectivity index (χ3n) is 2.46. The summed E-state index contributed by atoms with van der Waals surface area (Å²) in [4.78, 5) is 1.07. The van der Waals surface area contributed by atoms with Crippen LogP contribution in [0.3, 0.4) is 0 Å². The van der Waals surface area contributed by atoms with Gasteiger partial charge in [0.2, 0.25) is 0 Å². The van der Waals surface area contributed by atoms with Gasteiger partial charge < -0.3 is 5.11 Å². The van der Waals surface area contributed by atoms with Crippen LogP contribution in [-0.4, -0.2) is 27.1 Å². The molecule has 0 spiro atoms. The lowest BCUT2D eigenvalue weighted by atomic mass is 10.1. The number of hydrogen-bond acceptors (Lipinski definition) is 4. The zero-order valence-electron chi connectivity index (χ0n) is 8.35. The summed E-state index contributed by atoms with van der Waals surface area (Å²) in [6, 6.07) is 2.01. The van der Waals surface area contributed by atoms with Gasteiger partial charge in [0.1, 0.15) is 6.10 Å². The van der Waals surface area contributed by atoms with E-state index in [1.807, 2.05) is 35.0 Å². The van der Waals surface area contributed by atoms with E-state index in [0.717, 1.165) is 15.1 Å². The SMILES string of the molecule is CC1SCCSC1C(O)c1sccc1Br. The van der Waals surface area contributed by atoms with E-state index in [1.165, 1.54) is 5.75 Å². The zero-order chi connectivity index (χ0) is 10.8. The Hall–Kier alpha value is 0.840. The monoisotopic (exact) mass is 324 g/mol. The molecule has 2 heterocycles. The maximum Gasteiger partial charge on any atom is 0.102 e. The standard InChI is InChI=1S/C10H13BrOS3/c1-6-9(15-5-4-13-6)8(12)10-7(11)2-3-14-10/h2-3,6,8-9,12H,4-5H2,1H3. The van der Waals surface area contributed by atoms with Gasteiger partial charge in [-0.3, -0.25) is 0 Å². The van der Waals surface area contributed by atoms with E-state index in [9.17, 15) is 5.11 Å². The third-order valence-corrected chi connectivity index (χ3v) is 7.58. The Kier molecular flexibility index (Phi) is 4.47. The molecule has 3 atom stereocenters. The highest BCUT2D eigenvalue weighted by Crippen LogP contribution is 2.41. The maximum atomic E-state index is 10.3. The van der Waals surface area contributed by atoms with Crippen LogP contribution in [0.5, 0.6) is 0 Å². The van der Waals surface area contributed by atoms with E-state index in [4.69, 9.17) is 0 Å². The molecule has 0 saturated carbocycles. The van der Waals surface area contributed by atoms with Crippen molar-refractivity contribution in [1.29, 1.82) is 0 Å². The Labute approximate surface area is 111 Å². The molecule has 1 fully saturated rings. The van der Waals surface area contributed by atoms with Gasteiger partial charge in [-0.15, -0.1) is 11.3 Å². The molecule has 2 rings (SSSR count). The molecular formula is C10H13BrOS3. The van der Waals surface area contributed by atoms with Crippen molar-refractivity contribution in [1.82, 2.24) is 0 Å². The Balaban J connectivity index is 2.13. The minimum Gasteiger partial charge on any atom is -0.386 e. The zero-order valence-corrected chi connectivity index (χ0v) is 12.4. The third kappa shape index (κ3) is 2.75. The molecule has 0 radical (unpaired) electrons. The Morgan fingerprint density at radius 3 is 2.80 bits per heavy atom. The van der Waals surface area contributed by atoms with E-state index in [1.54, 1.807) is 11.3 Å². The average molecular weight is 325 g/mol. The van der Waals surface area contributed by atoms with Gasteiger partial charge in [0.15, 0.2) is 0 Å². The maximum absolute atomic E-state index is 10.3. The van der Waals surface area contributed by atoms with Gasteiger partial charge in [0.05, 0.1) is 0 Å². The lowest BCUT2D eigenvalue weighted by Gasteiger charge is -2.31. The van der Waals surface area contributed by atoms with Crippen LogP contribution in [-0.2, 0) is 0 Å². The van der Waals surface area contributed by atoms with Gasteiger partial charge in [0.25, 0.3) is 0 Å². The van der Waals surface area contributed by atoms with Crippen molar-refractivity contribution < 1.29 is 5.11 Å². The summed E-state index contributed by atoms with van der Waals surface area (Å²) in [5, 5.41) is 13.2. The molecule has 1 N–H and O–H groups in total. The number of thiophene rings is 1. The van der Waals surface area contributed by atoms with Crippen molar-refractivity contribution in [2.75, 3.05) is 11.5 Å². The Morgan fingerprint density at radius 2 is 2.20 bits per heavy atom. The molecule has 0 bridgehead atoms. The summed E-state index contributed by atoms with van der Waals surface area (Å²) in [5.41, 5.74) is 0. The van der Waals surface area contributed by atoms with Crippen molar-refractivity contribution in [3.05, 3.63) is 20.8 Å². The first-order chi connectivity index (χ1) is 7.20. The summed E-state index contributed by atoms with van der Waals surface area (Å²) < 4.78 is 1.04. The summed E-state index contributed by atoms with van der Waals surface area (Å²) in [5.74, 6) is 2.36. The summed E-state index contributed by atoms with van der Waals surface area (Å²) in [6.07, 6.45) is -0.327. The van der Waals surface area contributed by atoms with Crippen LogP contribution in [0.25, 0.3) is 0 Å². The average Bonchev–Trinajstić information content (AvgIpc) is 2.64. The van der Waals surface area contributed by atoms with Gasteiger partial charge in [-0.25, -0.2) is 0 Å². The first-order valence-corrected chi connectivity index (χ1v) is 8.61. The van der Waals surface area contributed by atoms with Gasteiger partial charge >= 0.3 is 0 Å². The molecule has 1 aliphatic rings. The number of halogens is 1. The van der Waals surface area contributed by atoms with Crippen molar-refractivity contribution in [2.24, 2.45) is 0 Å². The predicted octanol–water partition coefficient (Wildman–Crippen LogP) is 3.78. The summed E-state index contributed by atoms with van der Waals surface area (Å²) in [6.45, 7) is 2.21. The van der Waals surface area contributed by atoms with E-state index < -0.39 is 0 Å². The minimum atomic E-state index is -0.327. The first-order valence-electron chi connectivity index (χ1n) is 4.84. The van der Waals surface area contributed by atoms with Gasteiger partial charge in [-0.2, -0.15) is 23.5 Å². The van der Waals surface area contributed by atoms with Crippen LogP contribution in [0.1, 0.15) is 17.9 Å². The molecular weight excluding hydrogens is 312 g/mol. The fraction of sp³-hybridized carbons (Fsp3) is 0.600. The fourth-order valence-electron chi connectivity index (χ4n) is 1.66. The largest absolute Gasteiger partial charge is 0.386 e. The van der Waals surface area contributed by atoms with E-state index in [0.29, 0.717) is 10.5 Å². The Bertz CT molecular complexity index is 328. The molecule has 0 aliphatic carbocycles.